The van der Waals surface area contributed by atoms with Crippen molar-refractivity contribution < 1.29 is 9.90 Å². The maximum Gasteiger partial charge on any atom is 0.251 e. The van der Waals surface area contributed by atoms with E-state index in [0.29, 0.717) is 18.4 Å². The van der Waals surface area contributed by atoms with Gasteiger partial charge in [-0.1, -0.05) is 24.3 Å². The second-order valence-corrected chi connectivity index (χ2v) is 7.74. The Balaban J connectivity index is 1.62. The van der Waals surface area contributed by atoms with Gasteiger partial charge in [0.2, 0.25) is 0 Å². The van der Waals surface area contributed by atoms with Crippen LogP contribution >= 0.6 is 0 Å². The van der Waals surface area contributed by atoms with Gasteiger partial charge in [-0.25, -0.2) is 0 Å². The van der Waals surface area contributed by atoms with E-state index in [9.17, 15) is 9.90 Å². The molecule has 3 aromatic rings. The first-order valence-electron chi connectivity index (χ1n) is 9.62. The van der Waals surface area contributed by atoms with Gasteiger partial charge in [0.1, 0.15) is 0 Å². The lowest BCUT2D eigenvalue weighted by molar-refractivity contribution is 0.0235. The number of hydrogen-bond donors (Lipinski definition) is 2. The van der Waals surface area contributed by atoms with Gasteiger partial charge < -0.3 is 15.3 Å². The second-order valence-electron chi connectivity index (χ2n) is 7.74. The van der Waals surface area contributed by atoms with Crippen molar-refractivity contribution in [3.63, 3.8) is 0 Å². The number of rotatable bonds is 5. The Morgan fingerprint density at radius 1 is 1.14 bits per heavy atom. The molecule has 5 nitrogen and oxygen atoms in total. The Hall–Kier alpha value is -2.92. The topological polar surface area (TPSA) is 65.5 Å². The molecule has 1 heterocycles. The first-order valence-corrected chi connectivity index (χ1v) is 9.62. The van der Waals surface area contributed by atoms with Crippen molar-refractivity contribution in [1.82, 2.24) is 10.3 Å². The maximum absolute atomic E-state index is 13.0. The monoisotopic (exact) mass is 375 g/mol. The Bertz CT molecular complexity index is 996. The summed E-state index contributed by atoms with van der Waals surface area (Å²) < 4.78 is 0. The summed E-state index contributed by atoms with van der Waals surface area (Å²) >= 11 is 0. The van der Waals surface area contributed by atoms with Crippen LogP contribution < -0.4 is 10.2 Å². The second kappa shape index (κ2) is 7.60. The number of benzene rings is 2. The molecule has 0 radical (unpaired) electrons. The third-order valence-corrected chi connectivity index (χ3v) is 5.50. The molecular formula is C23H25N3O2. The minimum absolute atomic E-state index is 0.108. The molecule has 1 amide bonds. The zero-order valence-electron chi connectivity index (χ0n) is 16.2. The average Bonchev–Trinajstić information content (AvgIpc) is 2.69. The first kappa shape index (κ1) is 18.4. The van der Waals surface area contributed by atoms with Gasteiger partial charge >= 0.3 is 0 Å². The van der Waals surface area contributed by atoms with Crippen LogP contribution in [0, 0.1) is 5.92 Å². The van der Waals surface area contributed by atoms with Crippen molar-refractivity contribution in [2.75, 3.05) is 19.0 Å². The summed E-state index contributed by atoms with van der Waals surface area (Å²) in [5.74, 6) is 0.0993. The van der Waals surface area contributed by atoms with E-state index in [4.69, 9.17) is 0 Å². The summed E-state index contributed by atoms with van der Waals surface area (Å²) in [5, 5.41) is 14.0. The lowest BCUT2D eigenvalue weighted by Crippen LogP contribution is -2.41. The number of pyridine rings is 1. The van der Waals surface area contributed by atoms with Crippen molar-refractivity contribution in [2.24, 2.45) is 5.92 Å². The summed E-state index contributed by atoms with van der Waals surface area (Å²) in [5.41, 5.74) is 3.52. The fraction of sp³-hybridized carbons (Fsp3) is 0.304. The number of amides is 1. The SMILES string of the molecule is CN(C)c1cccc(C(=O)N[C@@H](c2cnc3ccccc3c2)C2CC(O)C2)c1. The van der Waals surface area contributed by atoms with Crippen LogP contribution in [0.1, 0.15) is 34.8 Å². The first-order chi connectivity index (χ1) is 13.5. The zero-order chi connectivity index (χ0) is 19.7. The van der Waals surface area contributed by atoms with E-state index in [1.54, 1.807) is 0 Å². The molecule has 5 heteroatoms. The van der Waals surface area contributed by atoms with Gasteiger partial charge in [-0.05, 0) is 54.7 Å². The summed E-state index contributed by atoms with van der Waals surface area (Å²) in [7, 11) is 3.91. The standard InChI is InChI=1S/C23H25N3O2/c1-26(2)19-8-5-7-16(11-19)23(28)25-22(17-12-20(27)13-17)18-10-15-6-3-4-9-21(15)24-14-18/h3-11,14,17,20,22,27H,12-13H2,1-2H3,(H,25,28)/t17?,20?,22-/m1/s1. The van der Waals surface area contributed by atoms with E-state index in [1.165, 1.54) is 0 Å². The van der Waals surface area contributed by atoms with Crippen molar-refractivity contribution in [3.8, 4) is 0 Å². The maximum atomic E-state index is 13.0. The normalized spacial score (nSPS) is 19.7. The molecule has 144 valence electrons. The Morgan fingerprint density at radius 3 is 2.68 bits per heavy atom. The smallest absolute Gasteiger partial charge is 0.251 e. The fourth-order valence-electron chi connectivity index (χ4n) is 3.78. The van der Waals surface area contributed by atoms with Gasteiger partial charge in [-0.15, -0.1) is 0 Å². The van der Waals surface area contributed by atoms with E-state index >= 15 is 0 Å². The summed E-state index contributed by atoms with van der Waals surface area (Å²) in [6.07, 6.45) is 2.94. The molecule has 0 spiro atoms. The van der Waals surface area contributed by atoms with Crippen LogP contribution in [-0.2, 0) is 0 Å². The van der Waals surface area contributed by atoms with Gasteiger partial charge in [0.05, 0.1) is 17.7 Å². The number of carbonyl (C=O) groups is 1. The zero-order valence-corrected chi connectivity index (χ0v) is 16.2. The molecular weight excluding hydrogens is 350 g/mol. The molecule has 1 aromatic heterocycles. The highest BCUT2D eigenvalue weighted by atomic mass is 16.3. The summed E-state index contributed by atoms with van der Waals surface area (Å²) in [6, 6.07) is 17.5. The van der Waals surface area contributed by atoms with E-state index in [1.807, 2.05) is 73.7 Å². The number of nitrogens with zero attached hydrogens (tertiary/aromatic N) is 2. The average molecular weight is 375 g/mol. The van der Waals surface area contributed by atoms with Crippen LogP contribution in [0.4, 0.5) is 5.69 Å². The number of carbonyl (C=O) groups excluding carboxylic acids is 1. The highest BCUT2D eigenvalue weighted by Gasteiger charge is 2.36. The minimum atomic E-state index is -0.283. The molecule has 0 bridgehead atoms. The quantitative estimate of drug-likeness (QED) is 0.716. The molecule has 0 unspecified atom stereocenters. The van der Waals surface area contributed by atoms with E-state index in [-0.39, 0.29) is 24.0 Å². The van der Waals surface area contributed by atoms with Crippen molar-refractivity contribution in [2.45, 2.75) is 25.0 Å². The molecule has 28 heavy (non-hydrogen) atoms. The molecule has 0 aliphatic heterocycles. The van der Waals surface area contributed by atoms with E-state index in [0.717, 1.165) is 22.2 Å². The van der Waals surface area contributed by atoms with Gasteiger partial charge in [0.15, 0.2) is 0 Å². The van der Waals surface area contributed by atoms with E-state index < -0.39 is 0 Å². The molecule has 1 atom stereocenters. The predicted octanol–water partition coefficient (Wildman–Crippen LogP) is 3.54. The molecule has 2 N–H and O–H groups in total. The Morgan fingerprint density at radius 2 is 1.93 bits per heavy atom. The fourth-order valence-corrected chi connectivity index (χ4v) is 3.78. The Labute approximate surface area is 165 Å². The lowest BCUT2D eigenvalue weighted by atomic mass is 9.75. The number of aliphatic hydroxyl groups is 1. The number of aliphatic hydroxyl groups excluding tert-OH is 1. The van der Waals surface area contributed by atoms with Gasteiger partial charge in [-0.2, -0.15) is 0 Å². The van der Waals surface area contributed by atoms with Crippen molar-refractivity contribution in [3.05, 3.63) is 71.9 Å². The number of anilines is 1. The van der Waals surface area contributed by atoms with E-state index in [2.05, 4.69) is 16.4 Å². The summed E-state index contributed by atoms with van der Waals surface area (Å²) in [4.78, 5) is 19.5. The molecule has 4 rings (SSSR count). The van der Waals surface area contributed by atoms with Crippen molar-refractivity contribution >= 4 is 22.5 Å². The third kappa shape index (κ3) is 3.71. The molecule has 1 fully saturated rings. The van der Waals surface area contributed by atoms with Crippen LogP contribution in [0.3, 0.4) is 0 Å². The number of nitrogens with one attached hydrogen (secondary N) is 1. The van der Waals surface area contributed by atoms with Crippen LogP contribution in [0.25, 0.3) is 10.9 Å². The largest absolute Gasteiger partial charge is 0.393 e. The van der Waals surface area contributed by atoms with Crippen LogP contribution in [0.15, 0.2) is 60.8 Å². The summed E-state index contributed by atoms with van der Waals surface area (Å²) in [6.45, 7) is 0. The van der Waals surface area contributed by atoms with Gasteiger partial charge in [-0.3, -0.25) is 9.78 Å². The van der Waals surface area contributed by atoms with Crippen LogP contribution in [0.5, 0.6) is 0 Å². The molecule has 2 aromatic carbocycles. The molecule has 1 saturated carbocycles. The van der Waals surface area contributed by atoms with Gasteiger partial charge in [0.25, 0.3) is 5.91 Å². The highest BCUT2D eigenvalue weighted by Crippen LogP contribution is 2.38. The van der Waals surface area contributed by atoms with Crippen LogP contribution in [-0.4, -0.2) is 36.2 Å². The number of para-hydroxylation sites is 1. The molecule has 1 aliphatic carbocycles. The van der Waals surface area contributed by atoms with Crippen LogP contribution in [0.2, 0.25) is 0 Å². The van der Waals surface area contributed by atoms with Crippen molar-refractivity contribution in [1.29, 1.82) is 0 Å². The highest BCUT2D eigenvalue weighted by molar-refractivity contribution is 5.95. The number of fused-ring (bicyclic) bond motifs is 1. The van der Waals surface area contributed by atoms with Gasteiger partial charge in [0, 0.05) is 36.9 Å². The Kier molecular flexibility index (Phi) is 5.01. The molecule has 0 saturated heterocycles. The predicted molar refractivity (Wildman–Crippen MR) is 111 cm³/mol. The molecule has 1 aliphatic rings. The minimum Gasteiger partial charge on any atom is -0.393 e. The number of hydrogen-bond acceptors (Lipinski definition) is 4. The third-order valence-electron chi connectivity index (χ3n) is 5.50. The lowest BCUT2D eigenvalue weighted by Gasteiger charge is -2.38. The number of aromatic nitrogens is 1.